The highest BCUT2D eigenvalue weighted by Gasteiger charge is 2.35. The molecule has 1 aliphatic heterocycles. The molecular formula is C22H33N3O6. The highest BCUT2D eigenvalue weighted by molar-refractivity contribution is 5.71. The van der Waals surface area contributed by atoms with E-state index in [9.17, 15) is 14.4 Å². The highest BCUT2D eigenvalue weighted by Crippen LogP contribution is 2.16. The Balaban J connectivity index is 1.96. The van der Waals surface area contributed by atoms with Gasteiger partial charge in [-0.25, -0.2) is 9.59 Å². The zero-order valence-electron chi connectivity index (χ0n) is 18.5. The summed E-state index contributed by atoms with van der Waals surface area (Å²) in [4.78, 5) is 39.1. The molecule has 0 aromatic heterocycles. The van der Waals surface area contributed by atoms with Crippen LogP contribution in [-0.4, -0.2) is 77.4 Å². The average Bonchev–Trinajstić information content (AvgIpc) is 2.71. The number of carboxylic acids is 1. The Morgan fingerprint density at radius 3 is 2.48 bits per heavy atom. The second-order valence-corrected chi connectivity index (χ2v) is 8.52. The van der Waals surface area contributed by atoms with Crippen LogP contribution in [0.2, 0.25) is 0 Å². The third-order valence-corrected chi connectivity index (χ3v) is 4.70. The van der Waals surface area contributed by atoms with Gasteiger partial charge in [-0.15, -0.1) is 0 Å². The number of carbonyl (C=O) groups is 3. The average molecular weight is 436 g/mol. The van der Waals surface area contributed by atoms with Gasteiger partial charge >= 0.3 is 18.2 Å². The van der Waals surface area contributed by atoms with Crippen molar-refractivity contribution in [3.8, 4) is 0 Å². The van der Waals surface area contributed by atoms with Crippen LogP contribution in [0.15, 0.2) is 30.3 Å². The maximum absolute atomic E-state index is 12.7. The van der Waals surface area contributed by atoms with E-state index in [1.807, 2.05) is 51.1 Å². The van der Waals surface area contributed by atoms with Crippen molar-refractivity contribution < 1.29 is 29.0 Å². The number of nitrogens with one attached hydrogen (secondary N) is 1. The molecule has 1 heterocycles. The molecule has 1 aliphatic rings. The number of benzene rings is 1. The number of aliphatic carboxylic acids is 1. The molecule has 1 fully saturated rings. The predicted molar refractivity (Wildman–Crippen MR) is 115 cm³/mol. The van der Waals surface area contributed by atoms with Gasteiger partial charge in [0.15, 0.2) is 0 Å². The topological polar surface area (TPSA) is 108 Å². The minimum atomic E-state index is -0.846. The first-order chi connectivity index (χ1) is 14.7. The highest BCUT2D eigenvalue weighted by atomic mass is 16.6. The number of amides is 2. The second-order valence-electron chi connectivity index (χ2n) is 8.52. The maximum Gasteiger partial charge on any atom is 0.410 e. The van der Waals surface area contributed by atoms with Crippen LogP contribution in [0, 0.1) is 0 Å². The van der Waals surface area contributed by atoms with Gasteiger partial charge in [0.2, 0.25) is 0 Å². The number of hydrogen-bond donors (Lipinski definition) is 2. The van der Waals surface area contributed by atoms with Crippen LogP contribution < -0.4 is 5.32 Å². The number of ether oxygens (including phenoxy) is 2. The standard InChI is InChI=1S/C22H33N3O6/c1-22(2,3)31-20(28)24-12-13-25(18(15-24)14-23-11-7-10-19(26)27)21(29)30-16-17-8-5-4-6-9-17/h4-6,8-9,18,23H,7,10-16H2,1-3H3,(H,26,27)/t18-/m1/s1. The van der Waals surface area contributed by atoms with Gasteiger partial charge in [-0.3, -0.25) is 4.79 Å². The van der Waals surface area contributed by atoms with Gasteiger partial charge in [0.25, 0.3) is 0 Å². The van der Waals surface area contributed by atoms with E-state index in [-0.39, 0.29) is 19.1 Å². The summed E-state index contributed by atoms with van der Waals surface area (Å²) in [6.45, 7) is 7.50. The Labute approximate surface area is 183 Å². The van der Waals surface area contributed by atoms with Gasteiger partial charge in [-0.2, -0.15) is 0 Å². The van der Waals surface area contributed by atoms with Crippen molar-refractivity contribution in [2.24, 2.45) is 0 Å². The van der Waals surface area contributed by atoms with E-state index in [2.05, 4.69) is 5.32 Å². The zero-order chi connectivity index (χ0) is 22.9. The van der Waals surface area contributed by atoms with Crippen LogP contribution in [0.3, 0.4) is 0 Å². The Kier molecular flexibility index (Phi) is 9.11. The molecule has 0 radical (unpaired) electrons. The molecule has 9 nitrogen and oxygen atoms in total. The van der Waals surface area contributed by atoms with E-state index in [1.165, 1.54) is 0 Å². The molecule has 1 aromatic rings. The molecule has 2 rings (SSSR count). The summed E-state index contributed by atoms with van der Waals surface area (Å²) in [7, 11) is 0. The van der Waals surface area contributed by atoms with Crippen molar-refractivity contribution in [1.29, 1.82) is 0 Å². The van der Waals surface area contributed by atoms with Gasteiger partial charge in [0, 0.05) is 32.6 Å². The zero-order valence-corrected chi connectivity index (χ0v) is 18.5. The van der Waals surface area contributed by atoms with Crippen LogP contribution in [0.4, 0.5) is 9.59 Å². The summed E-state index contributed by atoms with van der Waals surface area (Å²) in [5.41, 5.74) is 0.291. The first kappa shape index (κ1) is 24.5. The lowest BCUT2D eigenvalue weighted by molar-refractivity contribution is -0.137. The van der Waals surface area contributed by atoms with Crippen LogP contribution in [0.1, 0.15) is 39.2 Å². The van der Waals surface area contributed by atoms with Crippen molar-refractivity contribution in [3.63, 3.8) is 0 Å². The minimum Gasteiger partial charge on any atom is -0.481 e. The van der Waals surface area contributed by atoms with E-state index >= 15 is 0 Å². The van der Waals surface area contributed by atoms with Gasteiger partial charge in [0.05, 0.1) is 6.04 Å². The van der Waals surface area contributed by atoms with E-state index in [0.29, 0.717) is 39.1 Å². The Morgan fingerprint density at radius 2 is 1.84 bits per heavy atom. The Hall–Kier alpha value is -2.81. The van der Waals surface area contributed by atoms with Crippen LogP contribution in [0.5, 0.6) is 0 Å². The summed E-state index contributed by atoms with van der Waals surface area (Å²) < 4.78 is 10.9. The summed E-state index contributed by atoms with van der Waals surface area (Å²) in [5.74, 6) is -0.846. The fraction of sp³-hybridized carbons (Fsp3) is 0.591. The summed E-state index contributed by atoms with van der Waals surface area (Å²) >= 11 is 0. The fourth-order valence-electron chi connectivity index (χ4n) is 3.20. The van der Waals surface area contributed by atoms with E-state index in [4.69, 9.17) is 14.6 Å². The third-order valence-electron chi connectivity index (χ3n) is 4.70. The number of carbonyl (C=O) groups excluding carboxylic acids is 2. The molecule has 0 bridgehead atoms. The number of nitrogens with zero attached hydrogens (tertiary/aromatic N) is 2. The predicted octanol–water partition coefficient (Wildman–Crippen LogP) is 2.70. The van der Waals surface area contributed by atoms with Crippen molar-refractivity contribution in [2.75, 3.05) is 32.7 Å². The lowest BCUT2D eigenvalue weighted by Gasteiger charge is -2.41. The summed E-state index contributed by atoms with van der Waals surface area (Å²) in [6, 6.07) is 9.12. The lowest BCUT2D eigenvalue weighted by Crippen LogP contribution is -2.60. The monoisotopic (exact) mass is 435 g/mol. The third kappa shape index (κ3) is 8.84. The molecule has 172 valence electrons. The molecule has 9 heteroatoms. The molecule has 31 heavy (non-hydrogen) atoms. The minimum absolute atomic E-state index is 0.0739. The van der Waals surface area contributed by atoms with Crippen LogP contribution >= 0.6 is 0 Å². The van der Waals surface area contributed by atoms with Crippen molar-refractivity contribution in [2.45, 2.75) is 51.9 Å². The van der Waals surface area contributed by atoms with Crippen molar-refractivity contribution in [3.05, 3.63) is 35.9 Å². The quantitative estimate of drug-likeness (QED) is 0.604. The SMILES string of the molecule is CC(C)(C)OC(=O)N1CCN(C(=O)OCc2ccccc2)[C@H](CNCCCC(=O)O)C1. The Bertz CT molecular complexity index is 735. The Morgan fingerprint density at radius 1 is 1.13 bits per heavy atom. The van der Waals surface area contributed by atoms with Gasteiger partial charge < -0.3 is 29.7 Å². The number of hydrogen-bond acceptors (Lipinski definition) is 6. The number of piperazine rings is 1. The summed E-state index contributed by atoms with van der Waals surface area (Å²) in [6.07, 6.45) is -0.299. The van der Waals surface area contributed by atoms with E-state index in [0.717, 1.165) is 5.56 Å². The van der Waals surface area contributed by atoms with Gasteiger partial charge in [-0.05, 0) is 39.3 Å². The molecule has 1 saturated heterocycles. The van der Waals surface area contributed by atoms with Crippen molar-refractivity contribution in [1.82, 2.24) is 15.1 Å². The molecular weight excluding hydrogens is 402 g/mol. The first-order valence-corrected chi connectivity index (χ1v) is 10.5. The molecule has 0 aliphatic carbocycles. The smallest absolute Gasteiger partial charge is 0.410 e. The molecule has 0 saturated carbocycles. The van der Waals surface area contributed by atoms with E-state index < -0.39 is 23.8 Å². The second kappa shape index (κ2) is 11.5. The largest absolute Gasteiger partial charge is 0.481 e. The molecule has 2 N–H and O–H groups in total. The van der Waals surface area contributed by atoms with Crippen LogP contribution in [0.25, 0.3) is 0 Å². The van der Waals surface area contributed by atoms with Crippen LogP contribution in [-0.2, 0) is 20.9 Å². The maximum atomic E-state index is 12.7. The molecule has 1 atom stereocenters. The fourth-order valence-corrected chi connectivity index (χ4v) is 3.20. The molecule has 0 spiro atoms. The van der Waals surface area contributed by atoms with Crippen molar-refractivity contribution >= 4 is 18.2 Å². The normalized spacial score (nSPS) is 16.7. The van der Waals surface area contributed by atoms with E-state index in [1.54, 1.807) is 9.80 Å². The molecule has 2 amide bonds. The number of carboxylic acid groups (broad SMARTS) is 1. The first-order valence-electron chi connectivity index (χ1n) is 10.5. The van der Waals surface area contributed by atoms with Gasteiger partial charge in [-0.1, -0.05) is 30.3 Å². The molecule has 1 aromatic carbocycles. The summed E-state index contributed by atoms with van der Waals surface area (Å²) in [5, 5.41) is 11.9. The molecule has 0 unspecified atom stereocenters. The lowest BCUT2D eigenvalue weighted by atomic mass is 10.1. The van der Waals surface area contributed by atoms with Gasteiger partial charge in [0.1, 0.15) is 12.2 Å². The number of rotatable bonds is 8.